The van der Waals surface area contributed by atoms with Crippen molar-refractivity contribution in [3.8, 4) is 6.07 Å². The van der Waals surface area contributed by atoms with Crippen LogP contribution in [0.2, 0.25) is 5.02 Å². The number of anilines is 1. The zero-order chi connectivity index (χ0) is 15.1. The second-order valence-electron chi connectivity index (χ2n) is 4.03. The van der Waals surface area contributed by atoms with Crippen LogP contribution in [0, 0.1) is 11.3 Å². The maximum Gasteiger partial charge on any atom is 0.266 e. The number of halogens is 1. The molecule has 1 amide bonds. The lowest BCUT2D eigenvalue weighted by atomic mass is 10.2. The Balaban J connectivity index is 2.06. The predicted molar refractivity (Wildman–Crippen MR) is 81.5 cm³/mol. The normalized spacial score (nSPS) is 11.3. The van der Waals surface area contributed by atoms with Gasteiger partial charge >= 0.3 is 0 Å². The number of rotatable bonds is 4. The second-order valence-corrected chi connectivity index (χ2v) is 4.47. The molecular formula is C16H11ClN2O2. The Morgan fingerprint density at radius 3 is 2.86 bits per heavy atom. The Bertz CT molecular complexity index is 725. The Hall–Kier alpha value is -2.77. The molecule has 0 saturated carbocycles. The zero-order valence-electron chi connectivity index (χ0n) is 10.9. The van der Waals surface area contributed by atoms with Crippen molar-refractivity contribution in [2.45, 2.75) is 0 Å². The molecule has 1 heterocycles. The van der Waals surface area contributed by atoms with Crippen LogP contribution in [-0.2, 0) is 4.79 Å². The molecule has 0 bridgehead atoms. The molecule has 1 aromatic heterocycles. The Labute approximate surface area is 127 Å². The zero-order valence-corrected chi connectivity index (χ0v) is 11.7. The fourth-order valence-electron chi connectivity index (χ4n) is 1.55. The van der Waals surface area contributed by atoms with E-state index in [9.17, 15) is 4.79 Å². The van der Waals surface area contributed by atoms with E-state index in [1.165, 1.54) is 6.08 Å². The number of nitrogens with one attached hydrogen (secondary N) is 1. The number of carbonyl (C=O) groups is 1. The van der Waals surface area contributed by atoms with Crippen molar-refractivity contribution in [3.63, 3.8) is 0 Å². The van der Waals surface area contributed by atoms with Crippen molar-refractivity contribution in [1.82, 2.24) is 0 Å². The summed E-state index contributed by atoms with van der Waals surface area (Å²) in [6, 6.07) is 12.1. The molecular weight excluding hydrogens is 288 g/mol. The smallest absolute Gasteiger partial charge is 0.266 e. The first-order chi connectivity index (χ1) is 10.2. The minimum absolute atomic E-state index is 0.0159. The molecule has 21 heavy (non-hydrogen) atoms. The number of furan rings is 1. The van der Waals surface area contributed by atoms with Crippen LogP contribution in [0.4, 0.5) is 5.69 Å². The summed E-state index contributed by atoms with van der Waals surface area (Å²) in [7, 11) is 0. The number of nitrogens with zero attached hydrogens (tertiary/aromatic N) is 1. The van der Waals surface area contributed by atoms with Gasteiger partial charge in [-0.05, 0) is 42.5 Å². The molecule has 0 aliphatic carbocycles. The Kier molecular flexibility index (Phi) is 4.97. The number of nitriles is 1. The van der Waals surface area contributed by atoms with E-state index in [-0.39, 0.29) is 5.57 Å². The van der Waals surface area contributed by atoms with Gasteiger partial charge in [0.15, 0.2) is 0 Å². The van der Waals surface area contributed by atoms with Crippen LogP contribution in [0.25, 0.3) is 6.08 Å². The van der Waals surface area contributed by atoms with Gasteiger partial charge in [-0.2, -0.15) is 5.26 Å². The number of carbonyl (C=O) groups excluding carboxylic acids is 1. The SMILES string of the molecule is N#C/C(=C\C=C\c1ccco1)C(=O)Nc1cccc(Cl)c1. The van der Waals surface area contributed by atoms with Crippen LogP contribution in [0.1, 0.15) is 5.76 Å². The molecule has 2 rings (SSSR count). The first kappa shape index (κ1) is 14.6. The summed E-state index contributed by atoms with van der Waals surface area (Å²) >= 11 is 5.83. The van der Waals surface area contributed by atoms with E-state index in [1.54, 1.807) is 54.8 Å². The number of hydrogen-bond acceptors (Lipinski definition) is 3. The quantitative estimate of drug-likeness (QED) is 0.526. The van der Waals surface area contributed by atoms with Gasteiger partial charge in [-0.15, -0.1) is 0 Å². The van der Waals surface area contributed by atoms with Crippen LogP contribution in [0.15, 0.2) is 64.8 Å². The molecule has 1 N–H and O–H groups in total. The topological polar surface area (TPSA) is 66.0 Å². The van der Waals surface area contributed by atoms with E-state index >= 15 is 0 Å². The predicted octanol–water partition coefficient (Wildman–Crippen LogP) is 4.03. The average Bonchev–Trinajstić information content (AvgIpc) is 2.96. The van der Waals surface area contributed by atoms with E-state index in [4.69, 9.17) is 21.3 Å². The third-order valence-electron chi connectivity index (χ3n) is 2.51. The summed E-state index contributed by atoms with van der Waals surface area (Å²) in [5, 5.41) is 12.1. The number of hydrogen-bond donors (Lipinski definition) is 1. The van der Waals surface area contributed by atoms with E-state index in [0.717, 1.165) is 0 Å². The molecule has 4 nitrogen and oxygen atoms in total. The molecule has 0 aliphatic rings. The number of benzene rings is 1. The molecule has 5 heteroatoms. The Morgan fingerprint density at radius 1 is 1.33 bits per heavy atom. The van der Waals surface area contributed by atoms with Gasteiger partial charge in [0.25, 0.3) is 5.91 Å². The first-order valence-corrected chi connectivity index (χ1v) is 6.46. The highest BCUT2D eigenvalue weighted by molar-refractivity contribution is 6.31. The van der Waals surface area contributed by atoms with Crippen molar-refractivity contribution >= 4 is 29.3 Å². The van der Waals surface area contributed by atoms with Crippen LogP contribution in [0.3, 0.4) is 0 Å². The molecule has 0 aliphatic heterocycles. The molecule has 0 saturated heterocycles. The summed E-state index contributed by atoms with van der Waals surface area (Å²) in [5.41, 5.74) is 0.515. The van der Waals surface area contributed by atoms with Crippen LogP contribution in [0.5, 0.6) is 0 Å². The van der Waals surface area contributed by atoms with Crippen molar-refractivity contribution in [2.75, 3.05) is 5.32 Å². The number of amides is 1. The van der Waals surface area contributed by atoms with Gasteiger partial charge in [-0.3, -0.25) is 4.79 Å². The fraction of sp³-hybridized carbons (Fsp3) is 0. The summed E-state index contributed by atoms with van der Waals surface area (Å²) in [5.74, 6) is 0.141. The van der Waals surface area contributed by atoms with Crippen molar-refractivity contribution in [1.29, 1.82) is 5.26 Å². The van der Waals surface area contributed by atoms with E-state index in [0.29, 0.717) is 16.5 Å². The minimum Gasteiger partial charge on any atom is -0.465 e. The highest BCUT2D eigenvalue weighted by Crippen LogP contribution is 2.15. The average molecular weight is 299 g/mol. The number of allylic oxidation sites excluding steroid dienone is 2. The third kappa shape index (κ3) is 4.37. The monoisotopic (exact) mass is 298 g/mol. The molecule has 104 valence electrons. The summed E-state index contributed by atoms with van der Waals surface area (Å²) in [6.45, 7) is 0. The lowest BCUT2D eigenvalue weighted by Gasteiger charge is -2.03. The fourth-order valence-corrected chi connectivity index (χ4v) is 1.74. The molecule has 0 atom stereocenters. The van der Waals surface area contributed by atoms with Crippen molar-refractivity contribution in [3.05, 3.63) is 71.2 Å². The van der Waals surface area contributed by atoms with Crippen molar-refractivity contribution in [2.24, 2.45) is 0 Å². The highest BCUT2D eigenvalue weighted by atomic mass is 35.5. The maximum atomic E-state index is 11.9. The Morgan fingerprint density at radius 2 is 2.19 bits per heavy atom. The van der Waals surface area contributed by atoms with E-state index < -0.39 is 5.91 Å². The van der Waals surface area contributed by atoms with Gasteiger partial charge in [-0.25, -0.2) is 0 Å². The van der Waals surface area contributed by atoms with E-state index in [2.05, 4.69) is 5.32 Å². The standard InChI is InChI=1S/C16H11ClN2O2/c17-13-5-2-6-14(10-13)19-16(20)12(11-18)4-1-7-15-8-3-9-21-15/h1-10H,(H,19,20)/b7-1+,12-4+. The van der Waals surface area contributed by atoms with Crippen molar-refractivity contribution < 1.29 is 9.21 Å². The van der Waals surface area contributed by atoms with Gasteiger partial charge in [0.05, 0.1) is 6.26 Å². The van der Waals surface area contributed by atoms with Crippen LogP contribution < -0.4 is 5.32 Å². The molecule has 2 aromatic rings. The molecule has 1 aromatic carbocycles. The maximum absolute atomic E-state index is 11.9. The summed E-state index contributed by atoms with van der Waals surface area (Å²) in [6.07, 6.45) is 6.20. The van der Waals surface area contributed by atoms with Gasteiger partial charge in [0, 0.05) is 10.7 Å². The van der Waals surface area contributed by atoms with Gasteiger partial charge < -0.3 is 9.73 Å². The van der Waals surface area contributed by atoms with E-state index in [1.807, 2.05) is 6.07 Å². The van der Waals surface area contributed by atoms with Crippen LogP contribution >= 0.6 is 11.6 Å². The largest absolute Gasteiger partial charge is 0.465 e. The molecule has 0 fully saturated rings. The first-order valence-electron chi connectivity index (χ1n) is 6.08. The van der Waals surface area contributed by atoms with Crippen LogP contribution in [-0.4, -0.2) is 5.91 Å². The molecule has 0 spiro atoms. The second kappa shape index (κ2) is 7.13. The summed E-state index contributed by atoms with van der Waals surface area (Å²) in [4.78, 5) is 11.9. The van der Waals surface area contributed by atoms with Gasteiger partial charge in [0.1, 0.15) is 17.4 Å². The highest BCUT2D eigenvalue weighted by Gasteiger charge is 2.08. The summed E-state index contributed by atoms with van der Waals surface area (Å²) < 4.78 is 5.10. The lowest BCUT2D eigenvalue weighted by Crippen LogP contribution is -2.13. The lowest BCUT2D eigenvalue weighted by molar-refractivity contribution is -0.112. The minimum atomic E-state index is -0.496. The molecule has 0 unspecified atom stereocenters. The van der Waals surface area contributed by atoms with Gasteiger partial charge in [0.2, 0.25) is 0 Å². The molecule has 0 radical (unpaired) electrons. The van der Waals surface area contributed by atoms with Gasteiger partial charge in [-0.1, -0.05) is 23.7 Å². The third-order valence-corrected chi connectivity index (χ3v) is 2.75.